The van der Waals surface area contributed by atoms with E-state index in [1.807, 2.05) is 25.1 Å². The van der Waals surface area contributed by atoms with Crippen LogP contribution < -0.4 is 10.5 Å². The molecule has 5 aromatic rings. The van der Waals surface area contributed by atoms with Crippen molar-refractivity contribution in [2.75, 3.05) is 18.0 Å². The van der Waals surface area contributed by atoms with Crippen molar-refractivity contribution in [3.63, 3.8) is 0 Å². The molecule has 2 unspecified atom stereocenters. The Morgan fingerprint density at radius 3 is 2.40 bits per heavy atom. The van der Waals surface area contributed by atoms with Gasteiger partial charge in [0.2, 0.25) is 0 Å². The van der Waals surface area contributed by atoms with Gasteiger partial charge < -0.3 is 14.2 Å². The summed E-state index contributed by atoms with van der Waals surface area (Å²) in [6.07, 6.45) is 7.43. The smallest absolute Gasteiger partial charge is 0.269 e. The molecule has 2 saturated heterocycles. The van der Waals surface area contributed by atoms with Gasteiger partial charge in [-0.05, 0) is 67.3 Å². The van der Waals surface area contributed by atoms with Crippen molar-refractivity contribution in [3.05, 3.63) is 111 Å². The molecule has 3 aromatic heterocycles. The molecule has 0 saturated carbocycles. The van der Waals surface area contributed by atoms with E-state index in [4.69, 9.17) is 27.9 Å². The van der Waals surface area contributed by atoms with E-state index in [2.05, 4.69) is 9.88 Å². The number of benzene rings is 2. The van der Waals surface area contributed by atoms with Gasteiger partial charge in [0.05, 0.1) is 45.6 Å². The Kier molecular flexibility index (Phi) is 7.09. The number of hydrogen-bond donors (Lipinski definition) is 0. The average molecular weight is 636 g/mol. The van der Waals surface area contributed by atoms with Gasteiger partial charge in [-0.15, -0.1) is 0 Å². The molecule has 0 aliphatic carbocycles. The van der Waals surface area contributed by atoms with E-state index in [0.29, 0.717) is 38.8 Å². The number of aromatic nitrogens is 3. The van der Waals surface area contributed by atoms with Crippen molar-refractivity contribution in [1.29, 1.82) is 0 Å². The maximum Gasteiger partial charge on any atom is 0.269 e. The lowest BCUT2D eigenvalue weighted by molar-refractivity contribution is 0.0305. The molecule has 0 amide bonds. The number of hydrogen-bond acceptors (Lipinski definition) is 6. The molecule has 0 spiro atoms. The SMILES string of the molecule is Cc1ccc(S(=O)(=O)n2cc(-c3ccn(Cc4ccc(Cl)c(Cl)c4)c(=O)c3)c3cc(N4CC5CCC(C4)O5)cnc32)cc1. The van der Waals surface area contributed by atoms with E-state index >= 15 is 0 Å². The summed E-state index contributed by atoms with van der Waals surface area (Å²) >= 11 is 12.2. The Morgan fingerprint density at radius 1 is 0.953 bits per heavy atom. The topological polar surface area (TPSA) is 86.4 Å². The van der Waals surface area contributed by atoms with Gasteiger partial charge in [-0.25, -0.2) is 17.4 Å². The minimum atomic E-state index is -3.97. The van der Waals surface area contributed by atoms with Crippen LogP contribution in [0, 0.1) is 6.92 Å². The molecule has 2 atom stereocenters. The van der Waals surface area contributed by atoms with E-state index < -0.39 is 10.0 Å². The highest BCUT2D eigenvalue weighted by Gasteiger charge is 2.34. The molecule has 5 heterocycles. The summed E-state index contributed by atoms with van der Waals surface area (Å²) in [5.41, 5.74) is 3.95. The van der Waals surface area contributed by atoms with E-state index in [1.165, 1.54) is 10.0 Å². The Balaban J connectivity index is 1.33. The molecule has 43 heavy (non-hydrogen) atoms. The number of anilines is 1. The summed E-state index contributed by atoms with van der Waals surface area (Å²) in [5, 5.41) is 1.51. The predicted molar refractivity (Wildman–Crippen MR) is 169 cm³/mol. The summed E-state index contributed by atoms with van der Waals surface area (Å²) in [4.78, 5) is 20.4. The molecule has 0 N–H and O–H groups in total. The summed E-state index contributed by atoms with van der Waals surface area (Å²) in [6.45, 7) is 3.73. The lowest BCUT2D eigenvalue weighted by Gasteiger charge is -2.33. The van der Waals surface area contributed by atoms with Gasteiger partial charge in [-0.1, -0.05) is 47.0 Å². The molecule has 2 aromatic carbocycles. The number of morpholine rings is 1. The summed E-state index contributed by atoms with van der Waals surface area (Å²) in [6, 6.07) is 17.3. The molecule has 8 nitrogen and oxygen atoms in total. The third-order valence-electron chi connectivity index (χ3n) is 8.23. The van der Waals surface area contributed by atoms with Gasteiger partial charge in [-0.2, -0.15) is 0 Å². The van der Waals surface area contributed by atoms with Crippen LogP contribution in [0.4, 0.5) is 5.69 Å². The van der Waals surface area contributed by atoms with Crippen LogP contribution in [0.25, 0.3) is 22.2 Å². The molecule has 220 valence electrons. The van der Waals surface area contributed by atoms with E-state index in [1.54, 1.807) is 59.6 Å². The number of nitrogens with zero attached hydrogens (tertiary/aromatic N) is 4. The van der Waals surface area contributed by atoms with Crippen molar-refractivity contribution in [3.8, 4) is 11.1 Å². The monoisotopic (exact) mass is 634 g/mol. The van der Waals surface area contributed by atoms with Crippen LogP contribution in [0.1, 0.15) is 24.0 Å². The Morgan fingerprint density at radius 2 is 1.70 bits per heavy atom. The van der Waals surface area contributed by atoms with Gasteiger partial charge >= 0.3 is 0 Å². The van der Waals surface area contributed by atoms with Crippen LogP contribution >= 0.6 is 23.2 Å². The second-order valence-corrected chi connectivity index (χ2v) is 13.8. The lowest BCUT2D eigenvalue weighted by atomic mass is 10.1. The van der Waals surface area contributed by atoms with Crippen molar-refractivity contribution in [1.82, 2.24) is 13.5 Å². The minimum absolute atomic E-state index is 0.161. The van der Waals surface area contributed by atoms with Crippen molar-refractivity contribution in [2.45, 2.75) is 43.4 Å². The number of pyridine rings is 2. The first-order valence-electron chi connectivity index (χ1n) is 14.0. The lowest BCUT2D eigenvalue weighted by Crippen LogP contribution is -2.42. The molecule has 2 bridgehead atoms. The van der Waals surface area contributed by atoms with Gasteiger partial charge in [0.25, 0.3) is 15.6 Å². The molecular formula is C32H28Cl2N4O4S. The number of fused-ring (bicyclic) bond motifs is 3. The summed E-state index contributed by atoms with van der Waals surface area (Å²) in [5.74, 6) is 0. The Hall–Kier alpha value is -3.63. The first kappa shape index (κ1) is 28.2. The van der Waals surface area contributed by atoms with Crippen molar-refractivity contribution >= 4 is 49.9 Å². The van der Waals surface area contributed by atoms with Crippen molar-refractivity contribution in [2.24, 2.45) is 0 Å². The number of rotatable bonds is 6. The Labute approximate surface area is 259 Å². The second-order valence-electron chi connectivity index (χ2n) is 11.2. The highest BCUT2D eigenvalue weighted by molar-refractivity contribution is 7.90. The highest BCUT2D eigenvalue weighted by atomic mass is 35.5. The van der Waals surface area contributed by atoms with Gasteiger partial charge in [0.15, 0.2) is 5.65 Å². The van der Waals surface area contributed by atoms with Crippen LogP contribution in [0.3, 0.4) is 0 Å². The molecule has 2 fully saturated rings. The fraction of sp³-hybridized carbons (Fsp3) is 0.250. The first-order valence-corrected chi connectivity index (χ1v) is 16.2. The predicted octanol–water partition coefficient (Wildman–Crippen LogP) is 6.13. The van der Waals surface area contributed by atoms with Crippen LogP contribution in [0.5, 0.6) is 0 Å². The fourth-order valence-corrected chi connectivity index (χ4v) is 7.59. The number of ether oxygens (including phenoxy) is 1. The largest absolute Gasteiger partial charge is 0.371 e. The van der Waals surface area contributed by atoms with Crippen LogP contribution in [0.2, 0.25) is 10.0 Å². The standard InChI is InChI=1S/C32H28Cl2N4O4S/c1-20-2-7-26(8-3-20)43(40,41)38-19-28(22-10-11-36(31(39)13-22)16-21-4-9-29(33)30(34)12-21)27-14-23(15-35-32(27)38)37-17-24-5-6-25(18-37)42-24/h2-4,7-15,19,24-25H,5-6,16-18H2,1H3. The number of halogens is 2. The zero-order chi connectivity index (χ0) is 29.9. The first-order chi connectivity index (χ1) is 20.7. The highest BCUT2D eigenvalue weighted by Crippen LogP contribution is 2.36. The molecule has 7 rings (SSSR count). The van der Waals surface area contributed by atoms with Gasteiger partial charge in [-0.3, -0.25) is 4.79 Å². The van der Waals surface area contributed by atoms with E-state index in [9.17, 15) is 13.2 Å². The summed E-state index contributed by atoms with van der Waals surface area (Å²) < 4.78 is 36.5. The van der Waals surface area contributed by atoms with Crippen LogP contribution in [-0.4, -0.2) is 47.2 Å². The third-order valence-corrected chi connectivity index (χ3v) is 10.6. The fourth-order valence-electron chi connectivity index (χ4n) is 5.94. The van der Waals surface area contributed by atoms with E-state index in [-0.39, 0.29) is 22.7 Å². The second kappa shape index (κ2) is 10.8. The molecule has 2 aliphatic rings. The molecular weight excluding hydrogens is 607 g/mol. The minimum Gasteiger partial charge on any atom is -0.371 e. The zero-order valence-electron chi connectivity index (χ0n) is 23.3. The normalized spacial score (nSPS) is 18.4. The van der Waals surface area contributed by atoms with E-state index in [0.717, 1.165) is 42.7 Å². The van der Waals surface area contributed by atoms with Gasteiger partial charge in [0, 0.05) is 42.5 Å². The Bertz CT molecular complexity index is 2030. The van der Waals surface area contributed by atoms with Crippen LogP contribution in [-0.2, 0) is 21.3 Å². The average Bonchev–Trinajstić information content (AvgIpc) is 3.55. The van der Waals surface area contributed by atoms with Gasteiger partial charge in [0.1, 0.15) is 0 Å². The maximum absolute atomic E-state index is 13.9. The van der Waals surface area contributed by atoms with Crippen molar-refractivity contribution < 1.29 is 13.2 Å². The van der Waals surface area contributed by atoms with Crippen LogP contribution in [0.15, 0.2) is 88.9 Å². The molecule has 0 radical (unpaired) electrons. The summed E-state index contributed by atoms with van der Waals surface area (Å²) in [7, 11) is -3.97. The zero-order valence-corrected chi connectivity index (χ0v) is 25.6. The molecule has 11 heteroatoms. The number of aryl methyl sites for hydroxylation is 1. The third kappa shape index (κ3) is 5.25. The molecule has 2 aliphatic heterocycles. The maximum atomic E-state index is 13.9. The quantitative estimate of drug-likeness (QED) is 0.223.